The smallest absolute Gasteiger partial charge is 0.376 e. The van der Waals surface area contributed by atoms with E-state index in [4.69, 9.17) is 4.74 Å². The zero-order valence-corrected chi connectivity index (χ0v) is 8.56. The summed E-state index contributed by atoms with van der Waals surface area (Å²) in [4.78, 5) is 0. The van der Waals surface area contributed by atoms with Crippen molar-refractivity contribution in [3.05, 3.63) is 0 Å². The molecule has 0 aromatic carbocycles. The molecule has 14 heavy (non-hydrogen) atoms. The largest absolute Gasteiger partial charge is 0.522 e. The molecule has 0 saturated heterocycles. The molecule has 0 rings (SSSR count). The lowest BCUT2D eigenvalue weighted by atomic mass is 10.2. The minimum Gasteiger partial charge on any atom is -0.376 e. The van der Waals surface area contributed by atoms with Gasteiger partial charge in [0.05, 0.1) is 19.3 Å². The molecule has 86 valence electrons. The fraction of sp³-hybridized carbons (Fsp3) is 1.00. The Hall–Kier alpha value is -0.290. The van der Waals surface area contributed by atoms with Crippen LogP contribution < -0.4 is 0 Å². The predicted molar refractivity (Wildman–Crippen MR) is 46.9 cm³/mol. The third-order valence-corrected chi connectivity index (χ3v) is 1.72. The highest BCUT2D eigenvalue weighted by atomic mass is 19.4. The molecule has 1 atom stereocenters. The van der Waals surface area contributed by atoms with Gasteiger partial charge in [-0.25, -0.2) is 0 Å². The summed E-state index contributed by atoms with van der Waals surface area (Å²) in [6, 6.07) is 0. The van der Waals surface area contributed by atoms with Gasteiger partial charge in [0, 0.05) is 0 Å². The molecule has 0 spiro atoms. The molecule has 0 aromatic rings. The van der Waals surface area contributed by atoms with Gasteiger partial charge < -0.3 is 4.74 Å². The molecule has 0 radical (unpaired) electrons. The van der Waals surface area contributed by atoms with Crippen LogP contribution in [0.2, 0.25) is 0 Å². The van der Waals surface area contributed by atoms with Crippen molar-refractivity contribution in [3.8, 4) is 0 Å². The molecular formula is C9H17F3O2. The number of alkyl halides is 3. The SMILES string of the molecule is CCCCC(C)OCCOC(F)(F)F. The molecule has 5 heteroatoms. The van der Waals surface area contributed by atoms with Crippen molar-refractivity contribution in [2.45, 2.75) is 45.6 Å². The van der Waals surface area contributed by atoms with Gasteiger partial charge >= 0.3 is 6.36 Å². The van der Waals surface area contributed by atoms with Gasteiger partial charge in [0.1, 0.15) is 0 Å². The van der Waals surface area contributed by atoms with Gasteiger partial charge in [0.25, 0.3) is 0 Å². The summed E-state index contributed by atoms with van der Waals surface area (Å²) in [5, 5.41) is 0. The van der Waals surface area contributed by atoms with Crippen LogP contribution in [0.15, 0.2) is 0 Å². The average Bonchev–Trinajstić information content (AvgIpc) is 2.07. The minimum atomic E-state index is -4.55. The Balaban J connectivity index is 3.27. The Morgan fingerprint density at radius 3 is 2.36 bits per heavy atom. The Labute approximate surface area is 82.4 Å². The van der Waals surface area contributed by atoms with Gasteiger partial charge in [-0.3, -0.25) is 4.74 Å². The molecule has 0 amide bonds. The van der Waals surface area contributed by atoms with Gasteiger partial charge in [-0.2, -0.15) is 0 Å². The molecule has 0 aliphatic heterocycles. The fourth-order valence-corrected chi connectivity index (χ4v) is 0.982. The highest BCUT2D eigenvalue weighted by Gasteiger charge is 2.28. The average molecular weight is 214 g/mol. The van der Waals surface area contributed by atoms with Crippen molar-refractivity contribution in [2.24, 2.45) is 0 Å². The van der Waals surface area contributed by atoms with Crippen LogP contribution in [-0.4, -0.2) is 25.7 Å². The van der Waals surface area contributed by atoms with Crippen LogP contribution in [0.5, 0.6) is 0 Å². The third-order valence-electron chi connectivity index (χ3n) is 1.72. The fourth-order valence-electron chi connectivity index (χ4n) is 0.982. The maximum Gasteiger partial charge on any atom is 0.522 e. The predicted octanol–water partition coefficient (Wildman–Crippen LogP) is 3.12. The second-order valence-corrected chi connectivity index (χ2v) is 3.12. The van der Waals surface area contributed by atoms with Crippen molar-refractivity contribution in [2.75, 3.05) is 13.2 Å². The zero-order chi connectivity index (χ0) is 11.0. The molecule has 0 bridgehead atoms. The second kappa shape index (κ2) is 7.06. The van der Waals surface area contributed by atoms with E-state index in [2.05, 4.69) is 11.7 Å². The topological polar surface area (TPSA) is 18.5 Å². The molecule has 0 aliphatic carbocycles. The highest BCUT2D eigenvalue weighted by Crippen LogP contribution is 2.15. The first-order valence-electron chi connectivity index (χ1n) is 4.78. The Morgan fingerprint density at radius 1 is 1.21 bits per heavy atom. The van der Waals surface area contributed by atoms with Gasteiger partial charge in [-0.15, -0.1) is 13.2 Å². The Morgan fingerprint density at radius 2 is 1.86 bits per heavy atom. The Kier molecular flexibility index (Phi) is 6.92. The van der Waals surface area contributed by atoms with Crippen molar-refractivity contribution < 1.29 is 22.6 Å². The number of halogens is 3. The molecule has 0 fully saturated rings. The van der Waals surface area contributed by atoms with Crippen LogP contribution >= 0.6 is 0 Å². The molecule has 2 nitrogen and oxygen atoms in total. The van der Waals surface area contributed by atoms with E-state index in [1.807, 2.05) is 6.92 Å². The normalized spacial score (nSPS) is 14.4. The molecule has 0 N–H and O–H groups in total. The first-order chi connectivity index (χ1) is 6.45. The summed E-state index contributed by atoms with van der Waals surface area (Å²) >= 11 is 0. The van der Waals surface area contributed by atoms with Crippen molar-refractivity contribution in [1.29, 1.82) is 0 Å². The molecular weight excluding hydrogens is 197 g/mol. The summed E-state index contributed by atoms with van der Waals surface area (Å²) in [5.41, 5.74) is 0. The molecule has 0 aliphatic rings. The second-order valence-electron chi connectivity index (χ2n) is 3.12. The first-order valence-corrected chi connectivity index (χ1v) is 4.78. The monoisotopic (exact) mass is 214 g/mol. The molecule has 0 heterocycles. The summed E-state index contributed by atoms with van der Waals surface area (Å²) < 4.78 is 43.2. The van der Waals surface area contributed by atoms with Gasteiger partial charge in [0.2, 0.25) is 0 Å². The minimum absolute atomic E-state index is 0.00628. The third kappa shape index (κ3) is 9.80. The lowest BCUT2D eigenvalue weighted by molar-refractivity contribution is -0.327. The van der Waals surface area contributed by atoms with E-state index in [1.165, 1.54) is 0 Å². The van der Waals surface area contributed by atoms with Crippen molar-refractivity contribution >= 4 is 0 Å². The molecule has 0 saturated carbocycles. The maximum atomic E-state index is 11.5. The summed E-state index contributed by atoms with van der Waals surface area (Å²) in [6.07, 6.45) is -1.57. The highest BCUT2D eigenvalue weighted by molar-refractivity contribution is 4.49. The quantitative estimate of drug-likeness (QED) is 0.606. The van der Waals surface area contributed by atoms with Gasteiger partial charge in [-0.1, -0.05) is 19.8 Å². The van der Waals surface area contributed by atoms with Crippen LogP contribution in [0, 0.1) is 0 Å². The Bertz CT molecular complexity index is 137. The van der Waals surface area contributed by atoms with Gasteiger partial charge in [0.15, 0.2) is 0 Å². The van der Waals surface area contributed by atoms with Crippen LogP contribution in [0.4, 0.5) is 13.2 Å². The number of rotatable bonds is 7. The lowest BCUT2D eigenvalue weighted by Crippen LogP contribution is -2.19. The number of ether oxygens (including phenoxy) is 2. The first kappa shape index (κ1) is 13.7. The van der Waals surface area contributed by atoms with E-state index >= 15 is 0 Å². The van der Waals surface area contributed by atoms with Gasteiger partial charge in [-0.05, 0) is 13.3 Å². The van der Waals surface area contributed by atoms with Crippen LogP contribution in [0.3, 0.4) is 0 Å². The number of unbranched alkanes of at least 4 members (excludes halogenated alkanes) is 1. The van der Waals surface area contributed by atoms with E-state index in [0.717, 1.165) is 19.3 Å². The standard InChI is InChI=1S/C9H17F3O2/c1-3-4-5-8(2)13-6-7-14-9(10,11)12/h8H,3-7H2,1-2H3. The summed E-state index contributed by atoms with van der Waals surface area (Å²) in [7, 11) is 0. The van der Waals surface area contributed by atoms with E-state index in [9.17, 15) is 13.2 Å². The van der Waals surface area contributed by atoms with Crippen molar-refractivity contribution in [1.82, 2.24) is 0 Å². The van der Waals surface area contributed by atoms with E-state index < -0.39 is 13.0 Å². The van der Waals surface area contributed by atoms with Crippen LogP contribution in [0.1, 0.15) is 33.1 Å². The zero-order valence-electron chi connectivity index (χ0n) is 8.56. The number of hydrogen-bond acceptors (Lipinski definition) is 2. The summed E-state index contributed by atoms with van der Waals surface area (Å²) in [5.74, 6) is 0. The van der Waals surface area contributed by atoms with E-state index in [-0.39, 0.29) is 12.7 Å². The van der Waals surface area contributed by atoms with Crippen LogP contribution in [0.25, 0.3) is 0 Å². The maximum absolute atomic E-state index is 11.5. The molecule has 0 aromatic heterocycles. The summed E-state index contributed by atoms with van der Waals surface area (Å²) in [6.45, 7) is 3.47. The van der Waals surface area contributed by atoms with E-state index in [0.29, 0.717) is 0 Å². The molecule has 1 unspecified atom stereocenters. The van der Waals surface area contributed by atoms with Crippen molar-refractivity contribution in [3.63, 3.8) is 0 Å². The van der Waals surface area contributed by atoms with E-state index in [1.54, 1.807) is 0 Å². The van der Waals surface area contributed by atoms with Crippen LogP contribution in [-0.2, 0) is 9.47 Å². The lowest BCUT2D eigenvalue weighted by Gasteiger charge is -2.13. The number of hydrogen-bond donors (Lipinski definition) is 0.